The largest absolute Gasteiger partial charge is 0.496 e. The zero-order valence-electron chi connectivity index (χ0n) is 6.55. The molecule has 0 aliphatic carbocycles. The van der Waals surface area contributed by atoms with Crippen molar-refractivity contribution in [2.24, 2.45) is 0 Å². The maximum absolute atomic E-state index is 10.3. The summed E-state index contributed by atoms with van der Waals surface area (Å²) >= 11 is 0. The van der Waals surface area contributed by atoms with Gasteiger partial charge in [-0.15, -0.1) is 0 Å². The first kappa shape index (κ1) is 7.72. The summed E-state index contributed by atoms with van der Waals surface area (Å²) in [4.78, 5) is 10.3. The number of hydrogen-bond acceptors (Lipinski definition) is 2. The molecule has 1 aromatic rings. The van der Waals surface area contributed by atoms with E-state index in [9.17, 15) is 4.91 Å². The summed E-state index contributed by atoms with van der Waals surface area (Å²) in [6.07, 6.45) is 0. The first-order chi connectivity index (χ1) is 5.29. The van der Waals surface area contributed by atoms with Gasteiger partial charge in [0.05, 0.1) is 12.7 Å². The van der Waals surface area contributed by atoms with Crippen LogP contribution in [0.2, 0.25) is 0 Å². The molecule has 0 fully saturated rings. The molecule has 0 heterocycles. The van der Waals surface area contributed by atoms with E-state index < -0.39 is 0 Å². The highest BCUT2D eigenvalue weighted by molar-refractivity contribution is 5.47. The van der Waals surface area contributed by atoms with Crippen LogP contribution >= 0.6 is 0 Å². The lowest BCUT2D eigenvalue weighted by molar-refractivity contribution is -0.380. The highest BCUT2D eigenvalue weighted by Gasteiger charge is 2.07. The van der Waals surface area contributed by atoms with E-state index >= 15 is 0 Å². The standard InChI is InChI=1S/C8H9NO2/c1-6-7(9-10)4-3-5-8(6)11-2/h3-5H,1-2H3/p+1. The Bertz CT molecular complexity index is 271. The number of nitroso groups, excluding NO2 is 1. The number of nitrogens with one attached hydrogen (secondary N) is 1. The van der Waals surface area contributed by atoms with Crippen LogP contribution in [0.5, 0.6) is 5.75 Å². The van der Waals surface area contributed by atoms with Crippen LogP contribution in [-0.2, 0) is 0 Å². The van der Waals surface area contributed by atoms with Gasteiger partial charge in [0.1, 0.15) is 5.75 Å². The zero-order valence-corrected chi connectivity index (χ0v) is 6.55. The third kappa shape index (κ3) is 1.37. The van der Waals surface area contributed by atoms with Gasteiger partial charge in [0.2, 0.25) is 0 Å². The molecule has 0 atom stereocenters. The predicted molar refractivity (Wildman–Crippen MR) is 41.7 cm³/mol. The normalized spacial score (nSPS) is 9.27. The number of hydrogen-bond donors (Lipinski definition) is 1. The van der Waals surface area contributed by atoms with Crippen molar-refractivity contribution in [2.75, 3.05) is 7.11 Å². The van der Waals surface area contributed by atoms with Crippen LogP contribution in [0.1, 0.15) is 5.56 Å². The fraction of sp³-hybridized carbons (Fsp3) is 0.250. The number of ether oxygens (including phenoxy) is 1. The summed E-state index contributed by atoms with van der Waals surface area (Å²) in [6.45, 7) is 1.83. The number of benzene rings is 1. The molecule has 0 aromatic heterocycles. The topological polar surface area (TPSA) is 40.3 Å². The van der Waals surface area contributed by atoms with Crippen molar-refractivity contribution in [1.29, 1.82) is 0 Å². The van der Waals surface area contributed by atoms with Gasteiger partial charge in [0, 0.05) is 16.2 Å². The van der Waals surface area contributed by atoms with Crippen LogP contribution < -0.4 is 9.91 Å². The van der Waals surface area contributed by atoms with Gasteiger partial charge in [-0.3, -0.25) is 0 Å². The molecular formula is C8H10NO2+. The quantitative estimate of drug-likeness (QED) is 0.669. The van der Waals surface area contributed by atoms with E-state index in [1.165, 1.54) is 0 Å². The highest BCUT2D eigenvalue weighted by Crippen LogP contribution is 2.20. The van der Waals surface area contributed by atoms with Crippen molar-refractivity contribution in [3.8, 4) is 5.75 Å². The van der Waals surface area contributed by atoms with Crippen molar-refractivity contribution in [3.63, 3.8) is 0 Å². The molecule has 0 amide bonds. The lowest BCUT2D eigenvalue weighted by Crippen LogP contribution is -2.56. The van der Waals surface area contributed by atoms with Gasteiger partial charge >= 0.3 is 0 Å². The van der Waals surface area contributed by atoms with Crippen molar-refractivity contribution >= 4 is 5.69 Å². The minimum Gasteiger partial charge on any atom is -0.496 e. The highest BCUT2D eigenvalue weighted by atomic mass is 16.5. The molecule has 3 heteroatoms. The molecule has 3 nitrogen and oxygen atoms in total. The number of methoxy groups -OCH3 is 1. The Morgan fingerprint density at radius 2 is 2.18 bits per heavy atom. The summed E-state index contributed by atoms with van der Waals surface area (Å²) in [5.74, 6) is 0.728. The van der Waals surface area contributed by atoms with E-state index in [-0.39, 0.29) is 0 Å². The second-order valence-electron chi connectivity index (χ2n) is 2.23. The fourth-order valence-electron chi connectivity index (χ4n) is 0.946. The maximum Gasteiger partial charge on any atom is 0.259 e. The van der Waals surface area contributed by atoms with Crippen LogP contribution in [0.4, 0.5) is 5.69 Å². The third-order valence-corrected chi connectivity index (χ3v) is 1.61. The van der Waals surface area contributed by atoms with Crippen molar-refractivity contribution in [3.05, 3.63) is 28.7 Å². The lowest BCUT2D eigenvalue weighted by Gasteiger charge is -2.00. The van der Waals surface area contributed by atoms with Crippen LogP contribution in [0.15, 0.2) is 18.2 Å². The Kier molecular flexibility index (Phi) is 2.21. The zero-order chi connectivity index (χ0) is 8.27. The molecule has 0 aliphatic rings. The van der Waals surface area contributed by atoms with E-state index in [1.54, 1.807) is 19.2 Å². The Hall–Kier alpha value is -1.38. The Balaban J connectivity index is 3.20. The van der Waals surface area contributed by atoms with Crippen LogP contribution in [-0.4, -0.2) is 7.11 Å². The summed E-state index contributed by atoms with van der Waals surface area (Å²) in [6, 6.07) is 5.30. The van der Waals surface area contributed by atoms with E-state index in [0.29, 0.717) is 5.69 Å². The maximum atomic E-state index is 10.3. The molecule has 0 aliphatic heterocycles. The molecular weight excluding hydrogens is 142 g/mol. The summed E-state index contributed by atoms with van der Waals surface area (Å²) in [5, 5.41) is 1.84. The predicted octanol–water partition coefficient (Wildman–Crippen LogP) is 0.482. The second-order valence-corrected chi connectivity index (χ2v) is 2.23. The molecule has 1 aromatic carbocycles. The van der Waals surface area contributed by atoms with Gasteiger partial charge in [-0.25, -0.2) is 0 Å². The Labute approximate surface area is 65.0 Å². The average molecular weight is 152 g/mol. The first-order valence-corrected chi connectivity index (χ1v) is 3.31. The van der Waals surface area contributed by atoms with Crippen molar-refractivity contribution in [2.45, 2.75) is 6.92 Å². The van der Waals surface area contributed by atoms with Gasteiger partial charge < -0.3 is 4.74 Å². The Morgan fingerprint density at radius 3 is 2.73 bits per heavy atom. The average Bonchev–Trinajstić information content (AvgIpc) is 2.05. The summed E-state index contributed by atoms with van der Waals surface area (Å²) in [7, 11) is 1.58. The SMILES string of the molecule is COc1cccc([NH+]=O)c1C. The molecule has 0 spiro atoms. The summed E-state index contributed by atoms with van der Waals surface area (Å²) in [5.41, 5.74) is 1.40. The Morgan fingerprint density at radius 1 is 1.45 bits per heavy atom. The molecule has 0 unspecified atom stereocenters. The van der Waals surface area contributed by atoms with Gasteiger partial charge in [0.15, 0.2) is 0 Å². The molecule has 1 N–H and O–H groups in total. The third-order valence-electron chi connectivity index (χ3n) is 1.61. The number of rotatable bonds is 2. The van der Waals surface area contributed by atoms with Crippen LogP contribution in [0.3, 0.4) is 0 Å². The van der Waals surface area contributed by atoms with E-state index in [0.717, 1.165) is 11.3 Å². The van der Waals surface area contributed by atoms with Gasteiger partial charge in [-0.2, -0.15) is 0 Å². The lowest BCUT2D eigenvalue weighted by atomic mass is 10.2. The van der Waals surface area contributed by atoms with E-state index in [2.05, 4.69) is 0 Å². The monoisotopic (exact) mass is 152 g/mol. The smallest absolute Gasteiger partial charge is 0.259 e. The summed E-state index contributed by atoms with van der Waals surface area (Å²) < 4.78 is 5.01. The van der Waals surface area contributed by atoms with Gasteiger partial charge in [-0.05, 0) is 13.0 Å². The van der Waals surface area contributed by atoms with Crippen molar-refractivity contribution < 1.29 is 9.91 Å². The second kappa shape index (κ2) is 3.14. The molecule has 0 radical (unpaired) electrons. The van der Waals surface area contributed by atoms with Gasteiger partial charge in [0.25, 0.3) is 5.69 Å². The molecule has 11 heavy (non-hydrogen) atoms. The van der Waals surface area contributed by atoms with Crippen LogP contribution in [0, 0.1) is 11.8 Å². The van der Waals surface area contributed by atoms with Crippen molar-refractivity contribution in [1.82, 2.24) is 0 Å². The minimum absolute atomic E-state index is 0.560. The van der Waals surface area contributed by atoms with E-state index in [1.807, 2.05) is 18.2 Å². The van der Waals surface area contributed by atoms with Crippen LogP contribution in [0.25, 0.3) is 0 Å². The molecule has 58 valence electrons. The molecule has 1 rings (SSSR count). The fourth-order valence-corrected chi connectivity index (χ4v) is 0.946. The van der Waals surface area contributed by atoms with E-state index in [4.69, 9.17) is 4.74 Å². The first-order valence-electron chi connectivity index (χ1n) is 3.31. The molecule has 0 saturated carbocycles. The van der Waals surface area contributed by atoms with Gasteiger partial charge in [-0.1, -0.05) is 6.07 Å². The molecule has 0 saturated heterocycles. The minimum atomic E-state index is 0.560. The molecule has 0 bridgehead atoms.